The largest absolute Gasteiger partial charge is 0.462 e. The van der Waals surface area contributed by atoms with Crippen molar-refractivity contribution in [2.75, 3.05) is 13.2 Å². The molecule has 0 bridgehead atoms. The molecule has 0 saturated heterocycles. The van der Waals surface area contributed by atoms with Crippen LogP contribution in [0.2, 0.25) is 0 Å². The van der Waals surface area contributed by atoms with E-state index in [1.54, 1.807) is 0 Å². The van der Waals surface area contributed by atoms with Crippen molar-refractivity contribution in [3.63, 3.8) is 0 Å². The minimum atomic E-state index is -0.807. The maximum Gasteiger partial charge on any atom is 0.306 e. The molecule has 6 heteroatoms. The second-order valence-electron chi connectivity index (χ2n) is 21.6. The molecule has 1 atom stereocenters. The maximum absolute atomic E-state index is 12.9. The smallest absolute Gasteiger partial charge is 0.306 e. The van der Waals surface area contributed by atoms with Gasteiger partial charge in [0.05, 0.1) is 0 Å². The second-order valence-corrected chi connectivity index (χ2v) is 21.6. The number of hydrogen-bond donors (Lipinski definition) is 0. The van der Waals surface area contributed by atoms with Gasteiger partial charge in [-0.3, -0.25) is 14.4 Å². The van der Waals surface area contributed by atoms with E-state index >= 15 is 0 Å². The summed E-state index contributed by atoms with van der Waals surface area (Å²) in [5.74, 6) is -0.947. The fourth-order valence-corrected chi connectivity index (χ4v) is 8.95. The number of carbonyl (C=O) groups is 3. The Morgan fingerprint density at radius 1 is 0.247 bits per heavy atom. The van der Waals surface area contributed by atoms with Gasteiger partial charge in [0, 0.05) is 19.3 Å². The van der Waals surface area contributed by atoms with Gasteiger partial charge in [-0.25, -0.2) is 0 Å². The Morgan fingerprint density at radius 3 is 0.716 bits per heavy atom. The first-order valence-electron chi connectivity index (χ1n) is 33.3. The molecule has 0 spiro atoms. The lowest BCUT2D eigenvalue weighted by Crippen LogP contribution is -2.30. The van der Waals surface area contributed by atoms with Crippen LogP contribution in [0, 0.1) is 0 Å². The van der Waals surface area contributed by atoms with Crippen LogP contribution in [0.5, 0.6) is 0 Å². The van der Waals surface area contributed by atoms with Gasteiger partial charge in [0.15, 0.2) is 6.10 Å². The van der Waals surface area contributed by atoms with Crippen LogP contribution in [0.15, 0.2) is 146 Å². The summed E-state index contributed by atoms with van der Waals surface area (Å²) in [6, 6.07) is 0. The zero-order valence-corrected chi connectivity index (χ0v) is 52.5. The summed E-state index contributed by atoms with van der Waals surface area (Å²) >= 11 is 0. The average Bonchev–Trinajstić information content (AvgIpc) is 3.47. The highest BCUT2D eigenvalue weighted by Crippen LogP contribution is 2.16. The van der Waals surface area contributed by atoms with Crippen LogP contribution in [0.3, 0.4) is 0 Å². The van der Waals surface area contributed by atoms with E-state index in [1.165, 1.54) is 109 Å². The van der Waals surface area contributed by atoms with E-state index < -0.39 is 6.10 Å². The second kappa shape index (κ2) is 67.8. The Balaban J connectivity index is 4.38. The van der Waals surface area contributed by atoms with Crippen molar-refractivity contribution in [3.8, 4) is 0 Å². The maximum atomic E-state index is 12.9. The number of ether oxygens (including phenoxy) is 3. The predicted molar refractivity (Wildman–Crippen MR) is 352 cm³/mol. The lowest BCUT2D eigenvalue weighted by atomic mass is 10.0. The summed E-state index contributed by atoms with van der Waals surface area (Å²) in [6.07, 6.45) is 97.2. The molecule has 0 rings (SSSR count). The fraction of sp³-hybridized carbons (Fsp3) is 0.640. The van der Waals surface area contributed by atoms with E-state index in [0.29, 0.717) is 19.3 Å². The third-order valence-corrected chi connectivity index (χ3v) is 13.8. The van der Waals surface area contributed by atoms with Crippen LogP contribution >= 0.6 is 0 Å². The molecule has 0 saturated carbocycles. The van der Waals surface area contributed by atoms with E-state index in [2.05, 4.69) is 167 Å². The Morgan fingerprint density at radius 2 is 0.444 bits per heavy atom. The quantitative estimate of drug-likeness (QED) is 0.0261. The van der Waals surface area contributed by atoms with Crippen LogP contribution in [0.25, 0.3) is 0 Å². The molecular weight excluding hydrogens is 997 g/mol. The molecule has 6 nitrogen and oxygen atoms in total. The van der Waals surface area contributed by atoms with E-state index in [-0.39, 0.29) is 31.1 Å². The standard InChI is InChI=1S/C75H122O6/c1-4-7-10-13-16-19-22-25-28-30-32-34-35-36-37-38-39-41-42-44-47-50-53-56-59-62-65-68-74(77)80-71-72(70-79-73(76)67-64-61-58-55-52-49-46-27-24-21-18-15-12-9-6-3)81-75(78)69-66-63-60-57-54-51-48-45-43-40-33-31-29-26-23-20-17-14-11-8-5-2/h7-12,16-21,25-29,32-34,40,46,52,55,72H,4-6,13-15,22-24,30-31,35-39,41-45,47-51,53-54,56-71H2,1-3H3/b10-7-,11-8-,12-9-,19-16-,20-17-,21-18-,28-25-,29-26-,34-32-,40-33-,46-27-,55-52-. The number of esters is 3. The highest BCUT2D eigenvalue weighted by atomic mass is 16.6. The third kappa shape index (κ3) is 66.0. The zero-order chi connectivity index (χ0) is 58.5. The lowest BCUT2D eigenvalue weighted by molar-refractivity contribution is -0.167. The van der Waals surface area contributed by atoms with Crippen LogP contribution in [-0.4, -0.2) is 37.2 Å². The van der Waals surface area contributed by atoms with Crippen molar-refractivity contribution < 1.29 is 28.6 Å². The molecule has 0 aliphatic carbocycles. The van der Waals surface area contributed by atoms with E-state index in [9.17, 15) is 14.4 Å². The molecule has 0 aromatic carbocycles. The molecule has 0 N–H and O–H groups in total. The molecule has 0 aromatic rings. The molecule has 0 heterocycles. The summed E-state index contributed by atoms with van der Waals surface area (Å²) in [4.78, 5) is 38.4. The molecule has 0 aliphatic heterocycles. The molecule has 458 valence electrons. The van der Waals surface area contributed by atoms with Crippen LogP contribution in [0.4, 0.5) is 0 Å². The topological polar surface area (TPSA) is 78.9 Å². The van der Waals surface area contributed by atoms with Crippen molar-refractivity contribution in [1.29, 1.82) is 0 Å². The van der Waals surface area contributed by atoms with Gasteiger partial charge >= 0.3 is 17.9 Å². The molecular formula is C75H122O6. The molecule has 0 aliphatic rings. The minimum absolute atomic E-state index is 0.0986. The number of carbonyl (C=O) groups excluding carboxylic acids is 3. The number of hydrogen-bond acceptors (Lipinski definition) is 6. The summed E-state index contributed by atoms with van der Waals surface area (Å²) in [5, 5.41) is 0. The normalized spacial score (nSPS) is 13.1. The number of rotatable bonds is 59. The summed E-state index contributed by atoms with van der Waals surface area (Å²) in [7, 11) is 0. The van der Waals surface area contributed by atoms with Crippen molar-refractivity contribution in [2.45, 2.75) is 297 Å². The first-order chi connectivity index (χ1) is 40.0. The summed E-state index contributed by atoms with van der Waals surface area (Å²) in [5.41, 5.74) is 0. The van der Waals surface area contributed by atoms with Crippen molar-refractivity contribution >= 4 is 17.9 Å². The van der Waals surface area contributed by atoms with Gasteiger partial charge in [0.2, 0.25) is 0 Å². The molecule has 81 heavy (non-hydrogen) atoms. The lowest BCUT2D eigenvalue weighted by Gasteiger charge is -2.18. The number of unbranched alkanes of at least 4 members (excludes halogenated alkanes) is 24. The Kier molecular flexibility index (Phi) is 63.9. The Labute approximate surface area is 499 Å². The van der Waals surface area contributed by atoms with Crippen molar-refractivity contribution in [3.05, 3.63) is 146 Å². The molecule has 0 radical (unpaired) electrons. The molecule has 0 amide bonds. The van der Waals surface area contributed by atoms with Crippen LogP contribution < -0.4 is 0 Å². The van der Waals surface area contributed by atoms with Gasteiger partial charge in [-0.1, -0.05) is 282 Å². The van der Waals surface area contributed by atoms with Crippen LogP contribution in [-0.2, 0) is 28.6 Å². The van der Waals surface area contributed by atoms with E-state index in [4.69, 9.17) is 14.2 Å². The van der Waals surface area contributed by atoms with Gasteiger partial charge < -0.3 is 14.2 Å². The SMILES string of the molecule is CC/C=C\C/C=C\C/C=C\C/C=C\CCCCCCCCCCCCCCCCC(=O)OCC(COC(=O)CCCC/C=C\C/C=C\C/C=C\C/C=C\CC)OC(=O)CCCCCCCCCC/C=C\C/C=C\C/C=C\C/C=C\CC. The molecule has 1 unspecified atom stereocenters. The minimum Gasteiger partial charge on any atom is -0.462 e. The van der Waals surface area contributed by atoms with Gasteiger partial charge in [-0.2, -0.15) is 0 Å². The fourth-order valence-electron chi connectivity index (χ4n) is 8.95. The highest BCUT2D eigenvalue weighted by molar-refractivity contribution is 5.71. The monoisotopic (exact) mass is 1120 g/mol. The van der Waals surface area contributed by atoms with Crippen LogP contribution in [0.1, 0.15) is 290 Å². The summed E-state index contributed by atoms with van der Waals surface area (Å²) in [6.45, 7) is 6.27. The van der Waals surface area contributed by atoms with Gasteiger partial charge in [0.25, 0.3) is 0 Å². The first-order valence-corrected chi connectivity index (χ1v) is 33.3. The van der Waals surface area contributed by atoms with Gasteiger partial charge in [-0.15, -0.1) is 0 Å². The van der Waals surface area contributed by atoms with E-state index in [0.717, 1.165) is 141 Å². The van der Waals surface area contributed by atoms with Crippen molar-refractivity contribution in [2.24, 2.45) is 0 Å². The zero-order valence-electron chi connectivity index (χ0n) is 52.5. The average molecular weight is 1120 g/mol. The van der Waals surface area contributed by atoms with E-state index in [1.807, 2.05) is 0 Å². The van der Waals surface area contributed by atoms with Gasteiger partial charge in [-0.05, 0) is 135 Å². The summed E-state index contributed by atoms with van der Waals surface area (Å²) < 4.78 is 16.9. The van der Waals surface area contributed by atoms with Gasteiger partial charge in [0.1, 0.15) is 13.2 Å². The predicted octanol–water partition coefficient (Wildman–Crippen LogP) is 23.1. The van der Waals surface area contributed by atoms with Crippen molar-refractivity contribution in [1.82, 2.24) is 0 Å². The third-order valence-electron chi connectivity index (χ3n) is 13.8. The first kappa shape index (κ1) is 76.3. The highest BCUT2D eigenvalue weighted by Gasteiger charge is 2.19. The Hall–Kier alpha value is -4.71. The molecule has 0 aromatic heterocycles. The Bertz CT molecular complexity index is 1760. The number of allylic oxidation sites excluding steroid dienone is 24. The molecule has 0 fully saturated rings.